The summed E-state index contributed by atoms with van der Waals surface area (Å²) in [5.41, 5.74) is 1.31. The van der Waals surface area contributed by atoms with Gasteiger partial charge in [-0.05, 0) is 23.8 Å². The minimum absolute atomic E-state index is 0.111. The summed E-state index contributed by atoms with van der Waals surface area (Å²) in [4.78, 5) is 24.0. The number of carbonyl (C=O) groups excluding carboxylic acids is 2. The molecule has 3 rings (SSSR count). The maximum absolute atomic E-state index is 12.0. The van der Waals surface area contributed by atoms with Crippen molar-refractivity contribution < 1.29 is 28.9 Å². The molecule has 0 aliphatic carbocycles. The van der Waals surface area contributed by atoms with Gasteiger partial charge in [0.05, 0.1) is 13.2 Å². The summed E-state index contributed by atoms with van der Waals surface area (Å²) in [7, 11) is 1.53. The lowest BCUT2D eigenvalue weighted by atomic mass is 10.1. The number of aliphatic hydroxyl groups excluding tert-OH is 1. The lowest BCUT2D eigenvalue weighted by Crippen LogP contribution is -2.41. The fraction of sp³-hybridized carbons (Fsp3) is 0.300. The molecule has 0 saturated carbocycles. The van der Waals surface area contributed by atoms with Gasteiger partial charge in [0.2, 0.25) is 0 Å². The van der Waals surface area contributed by atoms with Crippen molar-refractivity contribution in [1.29, 1.82) is 0 Å². The Morgan fingerprint density at radius 3 is 2.57 bits per heavy atom. The van der Waals surface area contributed by atoms with Gasteiger partial charge >= 0.3 is 11.8 Å². The van der Waals surface area contributed by atoms with Crippen LogP contribution < -0.4 is 24.8 Å². The first-order valence-electron chi connectivity index (χ1n) is 8.84. The van der Waals surface area contributed by atoms with Gasteiger partial charge in [-0.25, -0.2) is 0 Å². The highest BCUT2D eigenvalue weighted by Crippen LogP contribution is 2.32. The minimum atomic E-state index is -0.984. The van der Waals surface area contributed by atoms with Gasteiger partial charge in [-0.1, -0.05) is 24.3 Å². The summed E-state index contributed by atoms with van der Waals surface area (Å²) < 4.78 is 16.1. The third-order valence-corrected chi connectivity index (χ3v) is 4.25. The fourth-order valence-electron chi connectivity index (χ4n) is 2.76. The van der Waals surface area contributed by atoms with Crippen molar-refractivity contribution in [2.75, 3.05) is 26.9 Å². The molecule has 2 amide bonds. The van der Waals surface area contributed by atoms with E-state index in [4.69, 9.17) is 14.2 Å². The van der Waals surface area contributed by atoms with Gasteiger partial charge in [0.25, 0.3) is 0 Å². The van der Waals surface area contributed by atoms with E-state index in [1.54, 1.807) is 30.3 Å². The highest BCUT2D eigenvalue weighted by Gasteiger charge is 2.18. The van der Waals surface area contributed by atoms with E-state index in [1.165, 1.54) is 7.11 Å². The third-order valence-electron chi connectivity index (χ3n) is 4.25. The van der Waals surface area contributed by atoms with Crippen molar-refractivity contribution in [2.45, 2.75) is 12.6 Å². The Morgan fingerprint density at radius 1 is 1.07 bits per heavy atom. The molecule has 148 valence electrons. The molecule has 0 aromatic heterocycles. The molecule has 1 aliphatic heterocycles. The topological polar surface area (TPSA) is 106 Å². The Hall–Kier alpha value is -3.26. The molecule has 2 aromatic rings. The number of ether oxygens (including phenoxy) is 3. The predicted molar refractivity (Wildman–Crippen MR) is 100 cm³/mol. The van der Waals surface area contributed by atoms with Crippen molar-refractivity contribution in [2.24, 2.45) is 0 Å². The molecular formula is C20H22N2O6. The zero-order chi connectivity index (χ0) is 19.9. The average molecular weight is 386 g/mol. The predicted octanol–water partition coefficient (Wildman–Crippen LogP) is 0.932. The van der Waals surface area contributed by atoms with Crippen LogP contribution in [0.3, 0.4) is 0 Å². The van der Waals surface area contributed by atoms with Crippen molar-refractivity contribution in [3.63, 3.8) is 0 Å². The first-order valence-corrected chi connectivity index (χ1v) is 8.84. The largest absolute Gasteiger partial charge is 0.496 e. The smallest absolute Gasteiger partial charge is 0.309 e. The fourth-order valence-corrected chi connectivity index (χ4v) is 2.76. The molecule has 3 N–H and O–H groups in total. The molecule has 0 bridgehead atoms. The van der Waals surface area contributed by atoms with Crippen molar-refractivity contribution in [3.05, 3.63) is 53.6 Å². The van der Waals surface area contributed by atoms with E-state index in [-0.39, 0.29) is 13.1 Å². The Balaban J connectivity index is 1.49. The zero-order valence-corrected chi connectivity index (χ0v) is 15.4. The Bertz CT molecular complexity index is 854. The summed E-state index contributed by atoms with van der Waals surface area (Å²) in [5.74, 6) is 0.162. The van der Waals surface area contributed by atoms with Crippen LogP contribution in [0.1, 0.15) is 17.2 Å². The molecular weight excluding hydrogens is 364 g/mol. The van der Waals surface area contributed by atoms with E-state index in [0.29, 0.717) is 36.0 Å². The number of carbonyl (C=O) groups is 2. The molecule has 0 fully saturated rings. The quantitative estimate of drug-likeness (QED) is 0.638. The normalized spacial score (nSPS) is 13.4. The van der Waals surface area contributed by atoms with Crippen molar-refractivity contribution >= 4 is 11.8 Å². The van der Waals surface area contributed by atoms with E-state index in [9.17, 15) is 14.7 Å². The lowest BCUT2D eigenvalue weighted by Gasteiger charge is -2.20. The van der Waals surface area contributed by atoms with E-state index in [2.05, 4.69) is 10.6 Å². The molecule has 0 spiro atoms. The molecule has 0 saturated heterocycles. The number of aliphatic hydroxyl groups is 1. The summed E-state index contributed by atoms with van der Waals surface area (Å²) in [5, 5.41) is 15.2. The first-order chi connectivity index (χ1) is 13.6. The highest BCUT2D eigenvalue weighted by molar-refractivity contribution is 6.35. The van der Waals surface area contributed by atoms with E-state index < -0.39 is 17.9 Å². The number of rotatable bonds is 6. The van der Waals surface area contributed by atoms with Gasteiger partial charge in [-0.15, -0.1) is 0 Å². The van der Waals surface area contributed by atoms with Gasteiger partial charge in [0.15, 0.2) is 11.5 Å². The molecule has 0 unspecified atom stereocenters. The minimum Gasteiger partial charge on any atom is -0.496 e. The number of benzene rings is 2. The van der Waals surface area contributed by atoms with Gasteiger partial charge in [0, 0.05) is 18.7 Å². The van der Waals surface area contributed by atoms with Crippen LogP contribution in [0.15, 0.2) is 42.5 Å². The van der Waals surface area contributed by atoms with Crippen LogP contribution in [-0.2, 0) is 16.1 Å². The van der Waals surface area contributed by atoms with E-state index >= 15 is 0 Å². The van der Waals surface area contributed by atoms with Gasteiger partial charge in [-0.3, -0.25) is 9.59 Å². The highest BCUT2D eigenvalue weighted by atomic mass is 16.6. The molecule has 2 aromatic carbocycles. The molecule has 8 nitrogen and oxygen atoms in total. The summed E-state index contributed by atoms with van der Waals surface area (Å²) >= 11 is 0. The third kappa shape index (κ3) is 4.72. The average Bonchev–Trinajstić information content (AvgIpc) is 2.75. The molecule has 28 heavy (non-hydrogen) atoms. The Morgan fingerprint density at radius 2 is 1.79 bits per heavy atom. The maximum Gasteiger partial charge on any atom is 0.309 e. The van der Waals surface area contributed by atoms with Crippen LogP contribution in [0.4, 0.5) is 0 Å². The SMILES string of the molecule is COc1ccccc1CNC(=O)C(=O)NC[C@H](O)c1ccc2c(c1)OCCO2. The van der Waals surface area contributed by atoms with Crippen molar-refractivity contribution in [3.8, 4) is 17.2 Å². The number of hydrogen-bond donors (Lipinski definition) is 3. The monoisotopic (exact) mass is 386 g/mol. The van der Waals surface area contributed by atoms with Gasteiger partial charge < -0.3 is 30.0 Å². The molecule has 1 aliphatic rings. The van der Waals surface area contributed by atoms with Gasteiger partial charge in [0.1, 0.15) is 19.0 Å². The second kappa shape index (κ2) is 9.09. The Labute approximate surface area is 162 Å². The second-order valence-electron chi connectivity index (χ2n) is 6.12. The molecule has 8 heteroatoms. The number of fused-ring (bicyclic) bond motifs is 1. The number of methoxy groups -OCH3 is 1. The zero-order valence-electron chi connectivity index (χ0n) is 15.4. The molecule has 0 radical (unpaired) electrons. The Kier molecular flexibility index (Phi) is 6.33. The van der Waals surface area contributed by atoms with Crippen LogP contribution >= 0.6 is 0 Å². The van der Waals surface area contributed by atoms with Crippen LogP contribution in [0.25, 0.3) is 0 Å². The van der Waals surface area contributed by atoms with Crippen LogP contribution in [0.5, 0.6) is 17.2 Å². The van der Waals surface area contributed by atoms with Crippen LogP contribution in [0, 0.1) is 0 Å². The van der Waals surface area contributed by atoms with Crippen molar-refractivity contribution in [1.82, 2.24) is 10.6 Å². The summed E-state index contributed by atoms with van der Waals surface area (Å²) in [6.45, 7) is 0.964. The number of hydrogen-bond acceptors (Lipinski definition) is 6. The summed E-state index contributed by atoms with van der Waals surface area (Å²) in [6, 6.07) is 12.2. The standard InChI is InChI=1S/C20H22N2O6/c1-26-16-5-3-2-4-14(16)11-21-19(24)20(25)22-12-15(23)13-6-7-17-18(10-13)28-9-8-27-17/h2-7,10,15,23H,8-9,11-12H2,1H3,(H,21,24)(H,22,25)/t15-/m0/s1. The number of para-hydroxylation sites is 1. The molecule has 1 atom stereocenters. The second-order valence-corrected chi connectivity index (χ2v) is 6.12. The van der Waals surface area contributed by atoms with E-state index in [0.717, 1.165) is 5.56 Å². The van der Waals surface area contributed by atoms with Crippen LogP contribution in [0.2, 0.25) is 0 Å². The van der Waals surface area contributed by atoms with Crippen LogP contribution in [-0.4, -0.2) is 43.8 Å². The number of nitrogens with one attached hydrogen (secondary N) is 2. The summed E-state index contributed by atoms with van der Waals surface area (Å²) in [6.07, 6.45) is -0.984. The van der Waals surface area contributed by atoms with Gasteiger partial charge in [-0.2, -0.15) is 0 Å². The first kappa shape index (κ1) is 19.5. The maximum atomic E-state index is 12.0. The van der Waals surface area contributed by atoms with E-state index in [1.807, 2.05) is 12.1 Å². The lowest BCUT2D eigenvalue weighted by molar-refractivity contribution is -0.139. The molecule has 1 heterocycles. The number of amides is 2.